The Morgan fingerprint density at radius 3 is 2.48 bits per heavy atom. The highest BCUT2D eigenvalue weighted by Crippen LogP contribution is 2.31. The van der Waals surface area contributed by atoms with Gasteiger partial charge in [-0.3, -0.25) is 9.36 Å². The summed E-state index contributed by atoms with van der Waals surface area (Å²) in [6.07, 6.45) is -4.21. The van der Waals surface area contributed by atoms with Crippen LogP contribution in [-0.2, 0) is 6.54 Å². The molecule has 1 aromatic heterocycles. The van der Waals surface area contributed by atoms with Gasteiger partial charge in [0.25, 0.3) is 0 Å². The average molecular weight is 426 g/mol. The lowest BCUT2D eigenvalue weighted by molar-refractivity contribution is -0.274. The number of rotatable bonds is 7. The molecule has 0 aliphatic rings. The zero-order valence-electron chi connectivity index (χ0n) is 15.0. The van der Waals surface area contributed by atoms with E-state index in [0.717, 1.165) is 17.7 Å². The minimum absolute atomic E-state index is 0.0237. The van der Waals surface area contributed by atoms with Crippen LogP contribution in [0.2, 0.25) is 5.02 Å². The highest BCUT2D eigenvalue weighted by Gasteiger charge is 2.31. The fourth-order valence-electron chi connectivity index (χ4n) is 2.59. The number of alkyl halides is 3. The molecule has 0 spiro atoms. The third kappa shape index (κ3) is 5.20. The van der Waals surface area contributed by atoms with Crippen molar-refractivity contribution >= 4 is 23.7 Å². The van der Waals surface area contributed by atoms with Crippen molar-refractivity contribution in [1.29, 1.82) is 0 Å². The first-order chi connectivity index (χ1) is 13.8. The number of nitrogens with zero attached hydrogens (tertiary/aromatic N) is 2. The third-order valence-electron chi connectivity index (χ3n) is 3.82. The van der Waals surface area contributed by atoms with E-state index in [9.17, 15) is 18.0 Å². The molecule has 0 unspecified atom stereocenters. The molecule has 0 fully saturated rings. The Morgan fingerprint density at radius 1 is 1.17 bits per heavy atom. The molecule has 0 radical (unpaired) electrons. The summed E-state index contributed by atoms with van der Waals surface area (Å²) in [6, 6.07) is 12.0. The number of carbonyl (C=O) groups excluding carboxylic acids is 1. The van der Waals surface area contributed by atoms with Crippen LogP contribution in [0.5, 0.6) is 17.5 Å². The maximum Gasteiger partial charge on any atom is 0.573 e. The molecule has 10 heteroatoms. The van der Waals surface area contributed by atoms with E-state index in [1.807, 2.05) is 0 Å². The summed E-state index contributed by atoms with van der Waals surface area (Å²) >= 11 is 5.90. The largest absolute Gasteiger partial charge is 0.573 e. The highest BCUT2D eigenvalue weighted by molar-refractivity contribution is 6.30. The first-order valence-electron chi connectivity index (χ1n) is 8.30. The van der Waals surface area contributed by atoms with Crippen molar-refractivity contribution in [1.82, 2.24) is 9.55 Å². The van der Waals surface area contributed by atoms with Gasteiger partial charge in [-0.05, 0) is 29.8 Å². The molecular formula is C19H15ClF3N3O3. The Labute approximate surface area is 168 Å². The normalized spacial score (nSPS) is 11.2. The number of carbonyl (C=O) groups is 1. The van der Waals surface area contributed by atoms with Gasteiger partial charge < -0.3 is 14.8 Å². The molecule has 0 bridgehead atoms. The molecule has 3 rings (SSSR count). The SMILES string of the molecule is CNc1nc(Oc2cccc(OC(F)(F)F)c2)n(Cc2ccc(Cl)cc2)c1C=O. The molecule has 1 N–H and O–H groups in total. The predicted molar refractivity (Wildman–Crippen MR) is 101 cm³/mol. The van der Waals surface area contributed by atoms with Crippen LogP contribution in [0, 0.1) is 0 Å². The topological polar surface area (TPSA) is 65.4 Å². The number of halogens is 4. The van der Waals surface area contributed by atoms with Crippen LogP contribution in [0.4, 0.5) is 19.0 Å². The van der Waals surface area contributed by atoms with Crippen molar-refractivity contribution in [2.24, 2.45) is 0 Å². The second-order valence-electron chi connectivity index (χ2n) is 5.83. The molecule has 0 aliphatic heterocycles. The molecule has 0 saturated heterocycles. The lowest BCUT2D eigenvalue weighted by atomic mass is 10.2. The summed E-state index contributed by atoms with van der Waals surface area (Å²) in [5.41, 5.74) is 1.04. The molecule has 152 valence electrons. The summed E-state index contributed by atoms with van der Waals surface area (Å²) in [6.45, 7) is 0.230. The molecule has 0 saturated carbocycles. The first-order valence-corrected chi connectivity index (χ1v) is 8.68. The van der Waals surface area contributed by atoms with E-state index in [0.29, 0.717) is 11.3 Å². The number of imidazole rings is 1. The van der Waals surface area contributed by atoms with Gasteiger partial charge in [-0.15, -0.1) is 13.2 Å². The van der Waals surface area contributed by atoms with E-state index < -0.39 is 12.1 Å². The Bertz CT molecular complexity index is 1000. The van der Waals surface area contributed by atoms with Crippen molar-refractivity contribution in [3.63, 3.8) is 0 Å². The van der Waals surface area contributed by atoms with Crippen LogP contribution in [0.15, 0.2) is 48.5 Å². The van der Waals surface area contributed by atoms with Crippen molar-refractivity contribution in [3.8, 4) is 17.5 Å². The minimum Gasteiger partial charge on any atom is -0.425 e. The van der Waals surface area contributed by atoms with Gasteiger partial charge in [-0.1, -0.05) is 29.8 Å². The molecule has 29 heavy (non-hydrogen) atoms. The number of aldehydes is 1. The zero-order chi connectivity index (χ0) is 21.0. The van der Waals surface area contributed by atoms with Gasteiger partial charge in [-0.25, -0.2) is 0 Å². The average Bonchev–Trinajstić information content (AvgIpc) is 2.99. The predicted octanol–water partition coefficient (Wildman–Crippen LogP) is 5.13. The van der Waals surface area contributed by atoms with Crippen molar-refractivity contribution in [3.05, 3.63) is 64.8 Å². The third-order valence-corrected chi connectivity index (χ3v) is 4.07. The van der Waals surface area contributed by atoms with Gasteiger partial charge in [0.15, 0.2) is 12.1 Å². The van der Waals surface area contributed by atoms with Gasteiger partial charge in [0, 0.05) is 18.1 Å². The van der Waals surface area contributed by atoms with Crippen LogP contribution >= 0.6 is 11.6 Å². The van der Waals surface area contributed by atoms with Crippen LogP contribution in [0.25, 0.3) is 0 Å². The van der Waals surface area contributed by atoms with E-state index in [-0.39, 0.29) is 29.8 Å². The van der Waals surface area contributed by atoms with E-state index >= 15 is 0 Å². The highest BCUT2D eigenvalue weighted by atomic mass is 35.5. The molecular weight excluding hydrogens is 411 g/mol. The molecule has 0 atom stereocenters. The van der Waals surface area contributed by atoms with Gasteiger partial charge in [0.2, 0.25) is 0 Å². The van der Waals surface area contributed by atoms with E-state index in [4.69, 9.17) is 16.3 Å². The first kappa shape index (κ1) is 20.5. The smallest absolute Gasteiger partial charge is 0.425 e. The number of ether oxygens (including phenoxy) is 2. The van der Waals surface area contributed by atoms with Gasteiger partial charge in [0.05, 0.1) is 6.54 Å². The fraction of sp³-hybridized carbons (Fsp3) is 0.158. The Kier molecular flexibility index (Phi) is 5.97. The Hall–Kier alpha value is -3.20. The number of aromatic nitrogens is 2. The Balaban J connectivity index is 1.94. The van der Waals surface area contributed by atoms with Crippen molar-refractivity contribution in [2.45, 2.75) is 12.9 Å². The van der Waals surface area contributed by atoms with Crippen LogP contribution in [0.3, 0.4) is 0 Å². The number of anilines is 1. The molecule has 2 aromatic carbocycles. The van der Waals surface area contributed by atoms with Gasteiger partial charge >= 0.3 is 12.4 Å². The van der Waals surface area contributed by atoms with E-state index in [1.54, 1.807) is 31.3 Å². The van der Waals surface area contributed by atoms with E-state index in [1.165, 1.54) is 16.7 Å². The lowest BCUT2D eigenvalue weighted by Crippen LogP contribution is -2.17. The second kappa shape index (κ2) is 8.44. The summed E-state index contributed by atoms with van der Waals surface area (Å²) < 4.78 is 48.4. The van der Waals surface area contributed by atoms with Crippen LogP contribution in [0.1, 0.15) is 16.1 Å². The van der Waals surface area contributed by atoms with Crippen molar-refractivity contribution < 1.29 is 27.4 Å². The monoisotopic (exact) mass is 425 g/mol. The van der Waals surface area contributed by atoms with Crippen LogP contribution in [-0.4, -0.2) is 29.2 Å². The maximum atomic E-state index is 12.4. The Morgan fingerprint density at radius 2 is 1.86 bits per heavy atom. The second-order valence-corrected chi connectivity index (χ2v) is 6.27. The van der Waals surface area contributed by atoms with Gasteiger partial charge in [0.1, 0.15) is 17.2 Å². The number of nitrogens with one attached hydrogen (secondary N) is 1. The number of hydrogen-bond acceptors (Lipinski definition) is 5. The fourth-order valence-corrected chi connectivity index (χ4v) is 2.72. The molecule has 0 amide bonds. The van der Waals surface area contributed by atoms with Gasteiger partial charge in [-0.2, -0.15) is 4.98 Å². The van der Waals surface area contributed by atoms with E-state index in [2.05, 4.69) is 15.0 Å². The molecule has 3 aromatic rings. The van der Waals surface area contributed by atoms with Crippen molar-refractivity contribution in [2.75, 3.05) is 12.4 Å². The summed E-state index contributed by atoms with van der Waals surface area (Å²) in [5, 5.41) is 3.35. The zero-order valence-corrected chi connectivity index (χ0v) is 15.8. The maximum absolute atomic E-state index is 12.4. The lowest BCUT2D eigenvalue weighted by Gasteiger charge is -2.12. The molecule has 0 aliphatic carbocycles. The summed E-state index contributed by atoms with van der Waals surface area (Å²) in [5.74, 6) is -0.101. The quantitative estimate of drug-likeness (QED) is 0.532. The summed E-state index contributed by atoms with van der Waals surface area (Å²) in [4.78, 5) is 15.8. The molecule has 1 heterocycles. The van der Waals surface area contributed by atoms with Crippen LogP contribution < -0.4 is 14.8 Å². The number of benzene rings is 2. The minimum atomic E-state index is -4.82. The summed E-state index contributed by atoms with van der Waals surface area (Å²) in [7, 11) is 1.59. The number of hydrogen-bond donors (Lipinski definition) is 1. The molecule has 6 nitrogen and oxygen atoms in total. The standard InChI is InChI=1S/C19H15ClF3N3O3/c1-24-17-16(11-27)26(10-12-5-7-13(20)8-6-12)18(25-17)28-14-3-2-4-15(9-14)29-19(21,22)23/h2-9,11,24H,10H2,1H3.